The van der Waals surface area contributed by atoms with Crippen LogP contribution < -0.4 is 4.74 Å². The zero-order valence-electron chi connectivity index (χ0n) is 14.9. The first kappa shape index (κ1) is 19.2. The number of carboxylic acids is 1. The van der Waals surface area contributed by atoms with E-state index < -0.39 is 5.97 Å². The summed E-state index contributed by atoms with van der Waals surface area (Å²) in [6.07, 6.45) is 4.03. The van der Waals surface area contributed by atoms with Crippen molar-refractivity contribution in [3.05, 3.63) is 64.7 Å². The molecule has 0 unspecified atom stereocenters. The minimum atomic E-state index is -0.991. The lowest BCUT2D eigenvalue weighted by atomic mass is 10.0. The first-order valence-corrected chi connectivity index (χ1v) is 8.41. The van der Waals surface area contributed by atoms with Gasteiger partial charge in [-0.3, -0.25) is 4.79 Å². The average Bonchev–Trinajstić information content (AvgIpc) is 2.61. The molecule has 2 aromatic rings. The van der Waals surface area contributed by atoms with Crippen molar-refractivity contribution in [3.8, 4) is 11.5 Å². The number of ketones is 1. The summed E-state index contributed by atoms with van der Waals surface area (Å²) in [5.41, 5.74) is 2.64. The highest BCUT2D eigenvalue weighted by Crippen LogP contribution is 2.33. The average molecular weight is 354 g/mol. The first-order chi connectivity index (χ1) is 12.4. The number of aliphatic carboxylic acids is 1. The third kappa shape index (κ3) is 4.96. The molecular formula is C21H22O5. The Kier molecular flexibility index (Phi) is 6.55. The van der Waals surface area contributed by atoms with Crippen LogP contribution in [-0.4, -0.2) is 22.0 Å². The smallest absolute Gasteiger partial charge is 0.328 e. The van der Waals surface area contributed by atoms with Gasteiger partial charge in [0.05, 0.1) is 5.56 Å². The maximum Gasteiger partial charge on any atom is 0.328 e. The van der Waals surface area contributed by atoms with E-state index in [0.717, 1.165) is 23.6 Å². The van der Waals surface area contributed by atoms with Crippen molar-refractivity contribution in [1.29, 1.82) is 0 Å². The Morgan fingerprint density at radius 2 is 1.81 bits per heavy atom. The summed E-state index contributed by atoms with van der Waals surface area (Å²) >= 11 is 0. The number of hydrogen-bond acceptors (Lipinski definition) is 4. The molecule has 5 nitrogen and oxygen atoms in total. The summed E-state index contributed by atoms with van der Waals surface area (Å²) in [6, 6.07) is 10.6. The number of rotatable bonds is 8. The van der Waals surface area contributed by atoms with Gasteiger partial charge >= 0.3 is 5.97 Å². The maximum absolute atomic E-state index is 11.6. The molecule has 0 aliphatic rings. The summed E-state index contributed by atoms with van der Waals surface area (Å²) in [4.78, 5) is 22.1. The quantitative estimate of drug-likeness (QED) is 0.548. The molecular weight excluding hydrogens is 332 g/mol. The molecule has 0 bridgehead atoms. The van der Waals surface area contributed by atoms with Crippen molar-refractivity contribution in [2.45, 2.75) is 33.3 Å². The Labute approximate surface area is 152 Å². The minimum Gasteiger partial charge on any atom is -0.507 e. The fourth-order valence-corrected chi connectivity index (χ4v) is 2.58. The lowest BCUT2D eigenvalue weighted by Crippen LogP contribution is -2.02. The summed E-state index contributed by atoms with van der Waals surface area (Å²) in [5, 5.41) is 19.0. The van der Waals surface area contributed by atoms with E-state index in [0.29, 0.717) is 29.9 Å². The molecule has 0 atom stereocenters. The normalized spacial score (nSPS) is 10.8. The van der Waals surface area contributed by atoms with Crippen molar-refractivity contribution >= 4 is 17.8 Å². The first-order valence-electron chi connectivity index (χ1n) is 8.41. The fourth-order valence-electron chi connectivity index (χ4n) is 2.58. The lowest BCUT2D eigenvalue weighted by molar-refractivity contribution is -0.131. The molecule has 26 heavy (non-hydrogen) atoms. The zero-order chi connectivity index (χ0) is 19.1. The second kappa shape index (κ2) is 8.85. The molecule has 5 heteroatoms. The van der Waals surface area contributed by atoms with E-state index in [2.05, 4.69) is 0 Å². The van der Waals surface area contributed by atoms with Crippen molar-refractivity contribution in [1.82, 2.24) is 0 Å². The molecule has 0 radical (unpaired) electrons. The Bertz CT molecular complexity index is 819. The van der Waals surface area contributed by atoms with Gasteiger partial charge in [0.25, 0.3) is 0 Å². The summed E-state index contributed by atoms with van der Waals surface area (Å²) < 4.78 is 5.85. The molecule has 136 valence electrons. The molecule has 0 aliphatic carbocycles. The van der Waals surface area contributed by atoms with Crippen LogP contribution in [0.5, 0.6) is 11.5 Å². The number of carboxylic acid groups (broad SMARTS) is 1. The highest BCUT2D eigenvalue weighted by molar-refractivity contribution is 5.97. The van der Waals surface area contributed by atoms with Crippen LogP contribution >= 0.6 is 0 Å². The Hall–Kier alpha value is -3.08. The van der Waals surface area contributed by atoms with Crippen molar-refractivity contribution in [3.63, 3.8) is 0 Å². The van der Waals surface area contributed by atoms with Crippen LogP contribution in [0.4, 0.5) is 0 Å². The van der Waals surface area contributed by atoms with Crippen molar-refractivity contribution < 1.29 is 24.5 Å². The Morgan fingerprint density at radius 1 is 1.12 bits per heavy atom. The van der Waals surface area contributed by atoms with Crippen LogP contribution in [0.15, 0.2) is 42.5 Å². The van der Waals surface area contributed by atoms with Gasteiger partial charge in [-0.1, -0.05) is 37.6 Å². The predicted molar refractivity (Wildman–Crippen MR) is 99.6 cm³/mol. The minimum absolute atomic E-state index is 0.00833. The molecule has 0 saturated carbocycles. The van der Waals surface area contributed by atoms with E-state index in [1.165, 1.54) is 13.0 Å². The summed E-state index contributed by atoms with van der Waals surface area (Å²) in [5.74, 6) is -0.624. The molecule has 0 aliphatic heterocycles. The highest BCUT2D eigenvalue weighted by atomic mass is 16.5. The number of phenols is 1. The van der Waals surface area contributed by atoms with Gasteiger partial charge in [-0.15, -0.1) is 0 Å². The molecule has 0 spiro atoms. The van der Waals surface area contributed by atoms with Crippen LogP contribution in [0.1, 0.15) is 47.3 Å². The second-order valence-electron chi connectivity index (χ2n) is 5.95. The van der Waals surface area contributed by atoms with Crippen LogP contribution in [-0.2, 0) is 17.8 Å². The van der Waals surface area contributed by atoms with Gasteiger partial charge < -0.3 is 14.9 Å². The second-order valence-corrected chi connectivity index (χ2v) is 5.95. The summed E-state index contributed by atoms with van der Waals surface area (Å²) in [6.45, 7) is 3.72. The van der Waals surface area contributed by atoms with Gasteiger partial charge in [-0.25, -0.2) is 4.79 Å². The molecule has 0 amide bonds. The van der Waals surface area contributed by atoms with E-state index >= 15 is 0 Å². The van der Waals surface area contributed by atoms with Crippen molar-refractivity contribution in [2.24, 2.45) is 0 Å². The number of Topliss-reactive ketones (excluding diaryl/α,β-unsaturated/α-hetero) is 1. The van der Waals surface area contributed by atoms with Crippen LogP contribution in [0.25, 0.3) is 6.08 Å². The number of ether oxygens (including phenoxy) is 1. The topological polar surface area (TPSA) is 83.8 Å². The largest absolute Gasteiger partial charge is 0.507 e. The Balaban J connectivity index is 2.15. The maximum atomic E-state index is 11.6. The van der Waals surface area contributed by atoms with E-state index in [9.17, 15) is 14.7 Å². The van der Waals surface area contributed by atoms with E-state index in [-0.39, 0.29) is 11.5 Å². The zero-order valence-corrected chi connectivity index (χ0v) is 14.9. The molecule has 0 heterocycles. The van der Waals surface area contributed by atoms with Gasteiger partial charge in [0.2, 0.25) is 0 Å². The standard InChI is InChI=1S/C21H22O5/c1-3-4-18-19(11-10-17(14(2)22)21(18)25)26-13-16-7-5-15(6-8-16)9-12-20(23)24/h5-12,25H,3-4,13H2,1-2H3,(H,23,24)/b12-9+. The predicted octanol–water partition coefficient (Wildman–Crippen LogP) is 4.22. The lowest BCUT2D eigenvalue weighted by Gasteiger charge is -2.14. The van der Waals surface area contributed by atoms with Gasteiger partial charge in [-0.2, -0.15) is 0 Å². The van der Waals surface area contributed by atoms with Crippen LogP contribution in [0.2, 0.25) is 0 Å². The van der Waals surface area contributed by atoms with Crippen molar-refractivity contribution in [2.75, 3.05) is 0 Å². The molecule has 0 aromatic heterocycles. The monoisotopic (exact) mass is 354 g/mol. The van der Waals surface area contributed by atoms with Gasteiger partial charge in [0, 0.05) is 11.6 Å². The fraction of sp³-hybridized carbons (Fsp3) is 0.238. The summed E-state index contributed by atoms with van der Waals surface area (Å²) in [7, 11) is 0. The number of phenolic OH excluding ortho intramolecular Hbond substituents is 1. The molecule has 2 rings (SSSR count). The Morgan fingerprint density at radius 3 is 2.38 bits per heavy atom. The number of aromatic hydroxyl groups is 1. The van der Waals surface area contributed by atoms with Gasteiger partial charge in [0.1, 0.15) is 18.1 Å². The van der Waals surface area contributed by atoms with Gasteiger partial charge in [0.15, 0.2) is 5.78 Å². The number of carbonyl (C=O) groups excluding carboxylic acids is 1. The van der Waals surface area contributed by atoms with E-state index in [1.807, 2.05) is 19.1 Å². The van der Waals surface area contributed by atoms with Gasteiger partial charge in [-0.05, 0) is 42.7 Å². The third-order valence-corrected chi connectivity index (χ3v) is 3.91. The molecule has 0 fully saturated rings. The molecule has 2 aromatic carbocycles. The number of carbonyl (C=O) groups is 2. The number of benzene rings is 2. The van der Waals surface area contributed by atoms with E-state index in [1.54, 1.807) is 24.3 Å². The SMILES string of the molecule is CCCc1c(OCc2ccc(/C=C/C(=O)O)cc2)ccc(C(C)=O)c1O. The number of hydrogen-bond donors (Lipinski definition) is 2. The molecule has 0 saturated heterocycles. The third-order valence-electron chi connectivity index (χ3n) is 3.91. The van der Waals surface area contributed by atoms with Crippen LogP contribution in [0, 0.1) is 0 Å². The molecule has 2 N–H and O–H groups in total. The van der Waals surface area contributed by atoms with E-state index in [4.69, 9.17) is 9.84 Å². The highest BCUT2D eigenvalue weighted by Gasteiger charge is 2.15. The van der Waals surface area contributed by atoms with Crippen LogP contribution in [0.3, 0.4) is 0 Å².